The van der Waals surface area contributed by atoms with Crippen molar-refractivity contribution in [1.82, 2.24) is 15.5 Å². The van der Waals surface area contributed by atoms with Gasteiger partial charge in [-0.05, 0) is 10.8 Å². The molecule has 2 aromatic carbocycles. The molecule has 1 fully saturated rings. The Labute approximate surface area is 133 Å². The zero-order valence-electron chi connectivity index (χ0n) is 12.2. The first-order valence-corrected chi connectivity index (χ1v) is 8.67. The highest BCUT2D eigenvalue weighted by molar-refractivity contribution is 7.99. The number of nitrogens with one attached hydrogen (secondary N) is 1. The average Bonchev–Trinajstić information content (AvgIpc) is 3.03. The number of hydrogen-bond donors (Lipinski definition) is 1. The summed E-state index contributed by atoms with van der Waals surface area (Å²) < 4.78 is 5.46. The van der Waals surface area contributed by atoms with Crippen LogP contribution in [0, 0.1) is 0 Å². The zero-order chi connectivity index (χ0) is 14.8. The lowest BCUT2D eigenvalue weighted by atomic mass is 10.0. The van der Waals surface area contributed by atoms with Crippen molar-refractivity contribution in [1.29, 1.82) is 0 Å². The number of aromatic nitrogens is 2. The van der Waals surface area contributed by atoms with Crippen molar-refractivity contribution >= 4 is 22.5 Å². The van der Waals surface area contributed by atoms with Crippen LogP contribution in [0.4, 0.5) is 0 Å². The minimum atomic E-state index is 0.430. The van der Waals surface area contributed by atoms with Crippen LogP contribution in [0.15, 0.2) is 47.0 Å². The second-order valence-corrected chi connectivity index (χ2v) is 6.62. The topological polar surface area (TPSA) is 51.0 Å². The molecule has 4 rings (SSSR count). The van der Waals surface area contributed by atoms with E-state index in [-0.39, 0.29) is 0 Å². The maximum Gasteiger partial charge on any atom is 0.228 e. The molecule has 0 amide bonds. The van der Waals surface area contributed by atoms with E-state index in [1.165, 1.54) is 11.1 Å². The summed E-state index contributed by atoms with van der Waals surface area (Å²) in [5.74, 6) is 3.67. The predicted molar refractivity (Wildman–Crippen MR) is 90.1 cm³/mol. The summed E-state index contributed by atoms with van der Waals surface area (Å²) in [5, 5.41) is 10.0. The van der Waals surface area contributed by atoms with E-state index < -0.39 is 0 Å². The second kappa shape index (κ2) is 6.10. The van der Waals surface area contributed by atoms with Gasteiger partial charge in [0.25, 0.3) is 0 Å². The van der Waals surface area contributed by atoms with Gasteiger partial charge >= 0.3 is 0 Å². The third-order valence-corrected chi connectivity index (χ3v) is 5.05. The third-order valence-electron chi connectivity index (χ3n) is 3.92. The average molecular weight is 311 g/mol. The first-order chi connectivity index (χ1) is 10.9. The largest absolute Gasteiger partial charge is 0.339 e. The van der Waals surface area contributed by atoms with E-state index in [1.54, 1.807) is 0 Å². The standard InChI is InChI=1S/C17H17N3OS/c1-2-6-14-12(4-1)5-3-7-15(14)17-19-16(21-20-17)10-13-11-22-9-8-18-13/h1-7,13,18H,8-11H2. The number of benzene rings is 2. The van der Waals surface area contributed by atoms with E-state index in [2.05, 4.69) is 33.7 Å². The minimum Gasteiger partial charge on any atom is -0.339 e. The molecular weight excluding hydrogens is 294 g/mol. The summed E-state index contributed by atoms with van der Waals surface area (Å²) >= 11 is 1.97. The SMILES string of the molecule is c1ccc2c(-c3noc(CC4CSCCN4)n3)cccc2c1. The van der Waals surface area contributed by atoms with Crippen molar-refractivity contribution in [2.75, 3.05) is 18.1 Å². The van der Waals surface area contributed by atoms with Crippen LogP contribution in [0.25, 0.3) is 22.2 Å². The Balaban J connectivity index is 1.62. The molecule has 5 heteroatoms. The van der Waals surface area contributed by atoms with Gasteiger partial charge in [-0.15, -0.1) is 0 Å². The first kappa shape index (κ1) is 13.8. The van der Waals surface area contributed by atoms with Gasteiger partial charge in [0.1, 0.15) is 0 Å². The lowest BCUT2D eigenvalue weighted by Gasteiger charge is -2.21. The Morgan fingerprint density at radius 1 is 1.18 bits per heavy atom. The van der Waals surface area contributed by atoms with E-state index >= 15 is 0 Å². The smallest absolute Gasteiger partial charge is 0.228 e. The van der Waals surface area contributed by atoms with Crippen LogP contribution in [-0.4, -0.2) is 34.2 Å². The van der Waals surface area contributed by atoms with E-state index in [4.69, 9.17) is 4.52 Å². The molecule has 1 aromatic heterocycles. The van der Waals surface area contributed by atoms with Crippen LogP contribution in [0.3, 0.4) is 0 Å². The molecule has 0 aliphatic carbocycles. The Morgan fingerprint density at radius 2 is 2.09 bits per heavy atom. The Hall–Kier alpha value is -1.85. The van der Waals surface area contributed by atoms with Crippen molar-refractivity contribution in [3.8, 4) is 11.4 Å². The van der Waals surface area contributed by atoms with Gasteiger partial charge in [-0.1, -0.05) is 47.6 Å². The van der Waals surface area contributed by atoms with Gasteiger partial charge in [0.15, 0.2) is 0 Å². The molecule has 1 N–H and O–H groups in total. The molecule has 112 valence electrons. The Kier molecular flexibility index (Phi) is 3.83. The maximum atomic E-state index is 5.46. The van der Waals surface area contributed by atoms with E-state index in [0.717, 1.165) is 29.7 Å². The van der Waals surface area contributed by atoms with Crippen LogP contribution in [0.2, 0.25) is 0 Å². The molecule has 1 aliphatic rings. The fourth-order valence-electron chi connectivity index (χ4n) is 2.83. The number of hydrogen-bond acceptors (Lipinski definition) is 5. The first-order valence-electron chi connectivity index (χ1n) is 7.52. The summed E-state index contributed by atoms with van der Waals surface area (Å²) in [4.78, 5) is 4.60. The molecular formula is C17H17N3OS. The van der Waals surface area contributed by atoms with Crippen molar-refractivity contribution in [3.63, 3.8) is 0 Å². The fourth-order valence-corrected chi connectivity index (χ4v) is 3.78. The second-order valence-electron chi connectivity index (χ2n) is 5.47. The summed E-state index contributed by atoms with van der Waals surface area (Å²) in [7, 11) is 0. The maximum absolute atomic E-state index is 5.46. The van der Waals surface area contributed by atoms with Gasteiger partial charge in [0.2, 0.25) is 11.7 Å². The molecule has 3 aromatic rings. The Morgan fingerprint density at radius 3 is 3.00 bits per heavy atom. The van der Waals surface area contributed by atoms with Gasteiger partial charge in [0.05, 0.1) is 0 Å². The van der Waals surface area contributed by atoms with Gasteiger partial charge in [-0.3, -0.25) is 0 Å². The quantitative estimate of drug-likeness (QED) is 0.805. The van der Waals surface area contributed by atoms with Crippen molar-refractivity contribution in [2.24, 2.45) is 0 Å². The number of nitrogens with zero attached hydrogens (tertiary/aromatic N) is 2. The van der Waals surface area contributed by atoms with Crippen LogP contribution >= 0.6 is 11.8 Å². The lowest BCUT2D eigenvalue weighted by Crippen LogP contribution is -2.38. The van der Waals surface area contributed by atoms with Crippen LogP contribution < -0.4 is 5.32 Å². The molecule has 1 atom stereocenters. The van der Waals surface area contributed by atoms with Gasteiger partial charge in [0, 0.05) is 36.1 Å². The van der Waals surface area contributed by atoms with E-state index in [0.29, 0.717) is 17.8 Å². The highest BCUT2D eigenvalue weighted by Gasteiger charge is 2.18. The van der Waals surface area contributed by atoms with Gasteiger partial charge < -0.3 is 9.84 Å². The molecule has 22 heavy (non-hydrogen) atoms. The van der Waals surface area contributed by atoms with Crippen molar-refractivity contribution in [2.45, 2.75) is 12.5 Å². The third kappa shape index (κ3) is 2.74. The molecule has 0 spiro atoms. The van der Waals surface area contributed by atoms with Crippen LogP contribution in [0.5, 0.6) is 0 Å². The van der Waals surface area contributed by atoms with E-state index in [9.17, 15) is 0 Å². The van der Waals surface area contributed by atoms with Crippen molar-refractivity contribution < 1.29 is 4.52 Å². The molecule has 0 saturated carbocycles. The monoisotopic (exact) mass is 311 g/mol. The molecule has 4 nitrogen and oxygen atoms in total. The summed E-state index contributed by atoms with van der Waals surface area (Å²) in [6, 6.07) is 14.9. The van der Waals surface area contributed by atoms with Crippen molar-refractivity contribution in [3.05, 3.63) is 48.4 Å². The minimum absolute atomic E-state index is 0.430. The Bertz CT molecular complexity index is 775. The molecule has 0 radical (unpaired) electrons. The van der Waals surface area contributed by atoms with Crippen LogP contribution in [-0.2, 0) is 6.42 Å². The molecule has 1 saturated heterocycles. The normalized spacial score (nSPS) is 18.6. The lowest BCUT2D eigenvalue weighted by molar-refractivity contribution is 0.363. The molecule has 0 bridgehead atoms. The summed E-state index contributed by atoms with van der Waals surface area (Å²) in [5.41, 5.74) is 1.03. The molecule has 1 unspecified atom stereocenters. The zero-order valence-corrected chi connectivity index (χ0v) is 13.0. The fraction of sp³-hybridized carbons (Fsp3) is 0.294. The predicted octanol–water partition coefficient (Wildman–Crippen LogP) is 3.14. The van der Waals surface area contributed by atoms with Gasteiger partial charge in [-0.25, -0.2) is 0 Å². The number of fused-ring (bicyclic) bond motifs is 1. The summed E-state index contributed by atoms with van der Waals surface area (Å²) in [6.07, 6.45) is 0.796. The summed E-state index contributed by atoms with van der Waals surface area (Å²) in [6.45, 7) is 1.06. The molecule has 2 heterocycles. The van der Waals surface area contributed by atoms with Crippen LogP contribution in [0.1, 0.15) is 5.89 Å². The highest BCUT2D eigenvalue weighted by Crippen LogP contribution is 2.26. The molecule has 1 aliphatic heterocycles. The highest BCUT2D eigenvalue weighted by atomic mass is 32.2. The number of thioether (sulfide) groups is 1. The van der Waals surface area contributed by atoms with Gasteiger partial charge in [-0.2, -0.15) is 16.7 Å². The number of rotatable bonds is 3. The van der Waals surface area contributed by atoms with E-state index in [1.807, 2.05) is 36.0 Å².